The van der Waals surface area contributed by atoms with Crippen molar-refractivity contribution in [2.24, 2.45) is 5.92 Å². The van der Waals surface area contributed by atoms with Crippen molar-refractivity contribution < 1.29 is 23.8 Å². The zero-order chi connectivity index (χ0) is 21.9. The summed E-state index contributed by atoms with van der Waals surface area (Å²) in [7, 11) is 5.43. The second-order valence-electron chi connectivity index (χ2n) is 8.04. The zero-order valence-corrected chi connectivity index (χ0v) is 18.2. The standard InChI is InChI=1S/C23H27ClFNO4/c1-26(2)14-16-12-19(30-22(27)15-4-7-18(25)8-5-15)10-11-23(16,28)20-9-6-17(24)13-21(20)29-3/h4-9,13,16,19,28H,10-12,14H2,1-3H3. The van der Waals surface area contributed by atoms with Gasteiger partial charge in [-0.25, -0.2) is 9.18 Å². The van der Waals surface area contributed by atoms with Gasteiger partial charge in [-0.3, -0.25) is 0 Å². The number of methoxy groups -OCH3 is 1. The summed E-state index contributed by atoms with van der Waals surface area (Å²) in [4.78, 5) is 14.5. The first kappa shape index (κ1) is 22.5. The number of esters is 1. The minimum absolute atomic E-state index is 0.192. The van der Waals surface area contributed by atoms with Crippen LogP contribution < -0.4 is 4.74 Å². The molecule has 0 bridgehead atoms. The van der Waals surface area contributed by atoms with E-state index >= 15 is 0 Å². The fourth-order valence-corrected chi connectivity index (χ4v) is 4.33. The Morgan fingerprint density at radius 1 is 1.27 bits per heavy atom. The monoisotopic (exact) mass is 435 g/mol. The number of hydrogen-bond donors (Lipinski definition) is 1. The van der Waals surface area contributed by atoms with E-state index in [2.05, 4.69) is 0 Å². The summed E-state index contributed by atoms with van der Waals surface area (Å²) in [6, 6.07) is 10.5. The van der Waals surface area contributed by atoms with E-state index in [1.807, 2.05) is 19.0 Å². The van der Waals surface area contributed by atoms with Crippen LogP contribution in [0, 0.1) is 11.7 Å². The molecule has 0 saturated heterocycles. The number of halogens is 2. The van der Waals surface area contributed by atoms with Crippen LogP contribution in [0.1, 0.15) is 35.2 Å². The first-order valence-electron chi connectivity index (χ1n) is 9.90. The van der Waals surface area contributed by atoms with Crippen LogP contribution in [0.5, 0.6) is 5.75 Å². The smallest absolute Gasteiger partial charge is 0.338 e. The van der Waals surface area contributed by atoms with Gasteiger partial charge in [0.25, 0.3) is 0 Å². The Labute approximate surface area is 181 Å². The largest absolute Gasteiger partial charge is 0.496 e. The summed E-state index contributed by atoms with van der Waals surface area (Å²) < 4.78 is 24.3. The zero-order valence-electron chi connectivity index (χ0n) is 17.4. The Morgan fingerprint density at radius 2 is 1.97 bits per heavy atom. The van der Waals surface area contributed by atoms with Crippen molar-refractivity contribution in [1.29, 1.82) is 0 Å². The number of ether oxygens (including phenoxy) is 2. The van der Waals surface area contributed by atoms with Crippen LogP contribution >= 0.6 is 11.6 Å². The molecule has 2 aromatic rings. The molecule has 3 rings (SSSR count). The summed E-state index contributed by atoms with van der Waals surface area (Å²) in [5.74, 6) is -0.548. The van der Waals surface area contributed by atoms with Crippen LogP contribution in [0.4, 0.5) is 4.39 Å². The SMILES string of the molecule is COc1cc(Cl)ccc1C1(O)CCC(OC(=O)c2ccc(F)cc2)CC1CN(C)C. The van der Waals surface area contributed by atoms with Gasteiger partial charge >= 0.3 is 5.97 Å². The van der Waals surface area contributed by atoms with Crippen molar-refractivity contribution in [3.8, 4) is 5.75 Å². The van der Waals surface area contributed by atoms with E-state index in [0.29, 0.717) is 47.7 Å². The first-order valence-corrected chi connectivity index (χ1v) is 10.3. The van der Waals surface area contributed by atoms with Gasteiger partial charge in [0.05, 0.1) is 18.3 Å². The number of carbonyl (C=O) groups excluding carboxylic acids is 1. The van der Waals surface area contributed by atoms with Crippen LogP contribution in [0.25, 0.3) is 0 Å². The lowest BCUT2D eigenvalue weighted by molar-refractivity contribution is -0.0969. The summed E-state index contributed by atoms with van der Waals surface area (Å²) in [6.45, 7) is 0.604. The summed E-state index contributed by atoms with van der Waals surface area (Å²) in [6.07, 6.45) is 1.06. The van der Waals surface area contributed by atoms with Crippen molar-refractivity contribution >= 4 is 17.6 Å². The molecule has 1 saturated carbocycles. The van der Waals surface area contributed by atoms with E-state index in [4.69, 9.17) is 21.1 Å². The molecule has 0 spiro atoms. The Bertz CT molecular complexity index is 889. The van der Waals surface area contributed by atoms with E-state index in [0.717, 1.165) is 0 Å². The van der Waals surface area contributed by atoms with E-state index in [9.17, 15) is 14.3 Å². The molecule has 1 N–H and O–H groups in total. The molecule has 3 atom stereocenters. The molecular formula is C23H27ClFNO4. The highest BCUT2D eigenvalue weighted by atomic mass is 35.5. The highest BCUT2D eigenvalue weighted by molar-refractivity contribution is 6.30. The Hall–Kier alpha value is -2.15. The minimum atomic E-state index is -1.14. The molecule has 0 heterocycles. The predicted molar refractivity (Wildman–Crippen MR) is 113 cm³/mol. The highest BCUT2D eigenvalue weighted by Gasteiger charge is 2.46. The first-order chi connectivity index (χ1) is 14.2. The molecule has 5 nitrogen and oxygen atoms in total. The molecule has 1 fully saturated rings. The number of carbonyl (C=O) groups is 1. The van der Waals surface area contributed by atoms with Gasteiger partial charge in [-0.05, 0) is 69.8 Å². The van der Waals surface area contributed by atoms with Gasteiger partial charge < -0.3 is 19.5 Å². The topological polar surface area (TPSA) is 59.0 Å². The van der Waals surface area contributed by atoms with Gasteiger partial charge in [0.1, 0.15) is 17.7 Å². The maximum absolute atomic E-state index is 13.1. The molecular weight excluding hydrogens is 409 g/mol. The maximum atomic E-state index is 13.1. The van der Waals surface area contributed by atoms with Crippen molar-refractivity contribution in [1.82, 2.24) is 4.90 Å². The van der Waals surface area contributed by atoms with E-state index in [1.165, 1.54) is 24.3 Å². The average Bonchev–Trinajstić information content (AvgIpc) is 2.70. The maximum Gasteiger partial charge on any atom is 0.338 e. The molecule has 0 radical (unpaired) electrons. The van der Waals surface area contributed by atoms with Gasteiger partial charge in [-0.1, -0.05) is 17.7 Å². The molecule has 0 aromatic heterocycles. The average molecular weight is 436 g/mol. The molecule has 1 aliphatic rings. The van der Waals surface area contributed by atoms with Crippen molar-refractivity contribution in [3.05, 3.63) is 64.4 Å². The van der Waals surface area contributed by atoms with E-state index in [-0.39, 0.29) is 12.0 Å². The number of hydrogen-bond acceptors (Lipinski definition) is 5. The van der Waals surface area contributed by atoms with Gasteiger partial charge in [-0.15, -0.1) is 0 Å². The van der Waals surface area contributed by atoms with E-state index in [1.54, 1.807) is 25.3 Å². The fourth-order valence-electron chi connectivity index (χ4n) is 4.17. The summed E-state index contributed by atoms with van der Waals surface area (Å²) in [5.41, 5.74) is -0.149. The van der Waals surface area contributed by atoms with Crippen LogP contribution in [0.2, 0.25) is 5.02 Å². The van der Waals surface area contributed by atoms with Crippen LogP contribution in [0.3, 0.4) is 0 Å². The number of rotatable bonds is 6. The van der Waals surface area contributed by atoms with Crippen LogP contribution in [-0.2, 0) is 10.3 Å². The van der Waals surface area contributed by atoms with E-state index < -0.39 is 17.4 Å². The van der Waals surface area contributed by atoms with Crippen LogP contribution in [0.15, 0.2) is 42.5 Å². The molecule has 7 heteroatoms. The van der Waals surface area contributed by atoms with Crippen molar-refractivity contribution in [2.75, 3.05) is 27.7 Å². The third-order valence-corrected chi connectivity index (χ3v) is 5.87. The lowest BCUT2D eigenvalue weighted by Gasteiger charge is -2.44. The quantitative estimate of drug-likeness (QED) is 0.687. The van der Waals surface area contributed by atoms with Gasteiger partial charge in [0.2, 0.25) is 0 Å². The Kier molecular flexibility index (Phi) is 7.01. The minimum Gasteiger partial charge on any atom is -0.496 e. The molecule has 0 aliphatic heterocycles. The third kappa shape index (κ3) is 4.94. The second kappa shape index (κ2) is 9.33. The molecule has 1 aliphatic carbocycles. The predicted octanol–water partition coefficient (Wildman–Crippen LogP) is 4.26. The van der Waals surface area contributed by atoms with Crippen molar-refractivity contribution in [2.45, 2.75) is 31.0 Å². The lowest BCUT2D eigenvalue weighted by Crippen LogP contribution is -2.47. The van der Waals surface area contributed by atoms with Crippen molar-refractivity contribution in [3.63, 3.8) is 0 Å². The molecule has 162 valence electrons. The lowest BCUT2D eigenvalue weighted by atomic mass is 9.70. The summed E-state index contributed by atoms with van der Waals surface area (Å²) in [5, 5.41) is 12.3. The Balaban J connectivity index is 1.82. The second-order valence-corrected chi connectivity index (χ2v) is 8.47. The molecule has 3 unspecified atom stereocenters. The number of aliphatic hydroxyl groups is 1. The normalized spacial score (nSPS) is 24.0. The van der Waals surface area contributed by atoms with Gasteiger partial charge in [0, 0.05) is 23.0 Å². The van der Waals surface area contributed by atoms with Gasteiger partial charge in [-0.2, -0.15) is 0 Å². The Morgan fingerprint density at radius 3 is 2.60 bits per heavy atom. The fraction of sp³-hybridized carbons (Fsp3) is 0.435. The number of nitrogens with zero attached hydrogens (tertiary/aromatic N) is 1. The molecule has 2 aromatic carbocycles. The third-order valence-electron chi connectivity index (χ3n) is 5.64. The summed E-state index contributed by atoms with van der Waals surface area (Å²) >= 11 is 6.10. The van der Waals surface area contributed by atoms with Crippen LogP contribution in [-0.4, -0.2) is 49.8 Å². The molecule has 0 amide bonds. The van der Waals surface area contributed by atoms with Gasteiger partial charge in [0.15, 0.2) is 0 Å². The number of benzene rings is 2. The molecule has 30 heavy (non-hydrogen) atoms. The highest BCUT2D eigenvalue weighted by Crippen LogP contribution is 2.46.